The number of hydrogen-bond donors (Lipinski definition) is 0. The summed E-state index contributed by atoms with van der Waals surface area (Å²) in [5, 5.41) is 0. The van der Waals surface area contributed by atoms with Crippen molar-refractivity contribution in [3.05, 3.63) is 24.3 Å². The van der Waals surface area contributed by atoms with Gasteiger partial charge in [-0.1, -0.05) is 141 Å². The highest BCUT2D eigenvalue weighted by Gasteiger charge is 2.19. The quantitative estimate of drug-likeness (QED) is 0.0207. The van der Waals surface area contributed by atoms with Crippen LogP contribution in [0.25, 0.3) is 0 Å². The molecule has 0 radical (unpaired) electrons. The molecule has 0 saturated carbocycles. The first-order valence-electron chi connectivity index (χ1n) is 20.8. The molecule has 0 aliphatic carbocycles. The summed E-state index contributed by atoms with van der Waals surface area (Å²) in [5.41, 5.74) is 0. The Balaban J connectivity index is 4.02. The van der Waals surface area contributed by atoms with Crippen molar-refractivity contribution in [2.75, 3.05) is 13.2 Å². The fourth-order valence-electron chi connectivity index (χ4n) is 5.73. The highest BCUT2D eigenvalue weighted by Crippen LogP contribution is 2.13. The van der Waals surface area contributed by atoms with Gasteiger partial charge in [-0.3, -0.25) is 14.4 Å². The van der Waals surface area contributed by atoms with Crippen LogP contribution in [0.4, 0.5) is 0 Å². The molecule has 0 bridgehead atoms. The normalized spacial score (nSPS) is 11.5. The number of esters is 3. The van der Waals surface area contributed by atoms with E-state index in [0.29, 0.717) is 19.1 Å². The Morgan fingerprint density at radius 3 is 1.12 bits per heavy atom. The van der Waals surface area contributed by atoms with Crippen molar-refractivity contribution in [2.45, 2.75) is 213 Å². The number of aldehydes is 1. The van der Waals surface area contributed by atoms with E-state index < -0.39 is 12.1 Å². The summed E-state index contributed by atoms with van der Waals surface area (Å²) in [7, 11) is 0. The molecule has 0 saturated heterocycles. The Morgan fingerprint density at radius 1 is 0.420 bits per heavy atom. The summed E-state index contributed by atoms with van der Waals surface area (Å²) < 4.78 is 16.1. The van der Waals surface area contributed by atoms with Gasteiger partial charge in [0.05, 0.1) is 6.42 Å². The van der Waals surface area contributed by atoms with E-state index in [1.807, 2.05) is 0 Å². The van der Waals surface area contributed by atoms with Gasteiger partial charge >= 0.3 is 17.9 Å². The first-order valence-corrected chi connectivity index (χ1v) is 20.8. The van der Waals surface area contributed by atoms with Crippen LogP contribution in [-0.2, 0) is 33.4 Å². The molecule has 0 rings (SSSR count). The van der Waals surface area contributed by atoms with Crippen LogP contribution in [0, 0.1) is 0 Å². The van der Waals surface area contributed by atoms with Crippen molar-refractivity contribution in [1.82, 2.24) is 0 Å². The van der Waals surface area contributed by atoms with Gasteiger partial charge in [0, 0.05) is 19.3 Å². The molecular weight excluding hydrogens is 628 g/mol. The van der Waals surface area contributed by atoms with Gasteiger partial charge in [-0.15, -0.1) is 0 Å². The lowest BCUT2D eigenvalue weighted by Crippen LogP contribution is -2.30. The van der Waals surface area contributed by atoms with Gasteiger partial charge in [-0.2, -0.15) is 0 Å². The van der Waals surface area contributed by atoms with E-state index in [0.717, 1.165) is 64.2 Å². The maximum atomic E-state index is 12.3. The molecule has 50 heavy (non-hydrogen) atoms. The molecule has 0 unspecified atom stereocenters. The van der Waals surface area contributed by atoms with Crippen LogP contribution in [0.15, 0.2) is 24.3 Å². The first-order chi connectivity index (χ1) is 24.5. The van der Waals surface area contributed by atoms with Crippen LogP contribution in [-0.4, -0.2) is 43.5 Å². The lowest BCUT2D eigenvalue weighted by molar-refractivity contribution is -0.167. The molecule has 7 nitrogen and oxygen atoms in total. The Hall–Kier alpha value is -2.44. The summed E-state index contributed by atoms with van der Waals surface area (Å²) in [6, 6.07) is 0. The highest BCUT2D eigenvalue weighted by molar-refractivity contribution is 5.73. The number of carbonyl (C=O) groups excluding carboxylic acids is 4. The van der Waals surface area contributed by atoms with E-state index in [1.165, 1.54) is 103 Å². The van der Waals surface area contributed by atoms with E-state index >= 15 is 0 Å². The predicted molar refractivity (Wildman–Crippen MR) is 206 cm³/mol. The molecule has 0 spiro atoms. The van der Waals surface area contributed by atoms with E-state index in [1.54, 1.807) is 0 Å². The molecule has 0 amide bonds. The first kappa shape index (κ1) is 47.6. The van der Waals surface area contributed by atoms with E-state index in [4.69, 9.17) is 14.2 Å². The van der Waals surface area contributed by atoms with Gasteiger partial charge in [0.25, 0.3) is 0 Å². The monoisotopic (exact) mass is 705 g/mol. The largest absolute Gasteiger partial charge is 0.462 e. The lowest BCUT2D eigenvalue weighted by Gasteiger charge is -2.18. The zero-order valence-corrected chi connectivity index (χ0v) is 32.4. The van der Waals surface area contributed by atoms with Crippen molar-refractivity contribution >= 4 is 24.2 Å². The van der Waals surface area contributed by atoms with Crippen molar-refractivity contribution in [3.8, 4) is 0 Å². The third kappa shape index (κ3) is 36.8. The molecule has 0 aromatic heterocycles. The fourth-order valence-corrected chi connectivity index (χ4v) is 5.73. The zero-order valence-electron chi connectivity index (χ0n) is 32.4. The Labute approximate surface area is 307 Å². The molecule has 0 atom stereocenters. The molecule has 0 aliphatic heterocycles. The molecular formula is C43H76O7. The average Bonchev–Trinajstić information content (AvgIpc) is 3.11. The second-order valence-corrected chi connectivity index (χ2v) is 13.9. The summed E-state index contributed by atoms with van der Waals surface area (Å²) in [5.74, 6) is -1.28. The van der Waals surface area contributed by atoms with Crippen LogP contribution in [0.3, 0.4) is 0 Å². The molecule has 0 N–H and O–H groups in total. The van der Waals surface area contributed by atoms with Crippen molar-refractivity contribution < 1.29 is 33.4 Å². The third-order valence-electron chi connectivity index (χ3n) is 8.91. The van der Waals surface area contributed by atoms with Gasteiger partial charge in [0.15, 0.2) is 6.10 Å². The zero-order chi connectivity index (χ0) is 36.6. The number of hydrogen-bond acceptors (Lipinski definition) is 7. The number of rotatable bonds is 38. The van der Waals surface area contributed by atoms with Crippen molar-refractivity contribution in [2.24, 2.45) is 0 Å². The number of ether oxygens (including phenoxy) is 3. The maximum Gasteiger partial charge on any atom is 0.306 e. The van der Waals surface area contributed by atoms with Gasteiger partial charge in [0.2, 0.25) is 0 Å². The Kier molecular flexibility index (Phi) is 37.4. The highest BCUT2D eigenvalue weighted by atomic mass is 16.6. The van der Waals surface area contributed by atoms with Crippen LogP contribution < -0.4 is 0 Å². The Morgan fingerprint density at radius 2 is 0.760 bits per heavy atom. The molecule has 0 heterocycles. The van der Waals surface area contributed by atoms with E-state index in [-0.39, 0.29) is 38.0 Å². The Bertz CT molecular complexity index is 794. The number of carbonyl (C=O) groups is 4. The summed E-state index contributed by atoms with van der Waals surface area (Å²) in [6.45, 7) is 4.16. The molecule has 0 aromatic rings. The molecule has 0 aliphatic rings. The van der Waals surface area contributed by atoms with Crippen molar-refractivity contribution in [1.29, 1.82) is 0 Å². The standard InChI is InChI=1S/C43H76O7/c1-3-5-7-9-11-13-15-17-19-21-23-25-27-29-31-34-41(45)48-38-40(50-43(47)36-33-37-44)39-49-42(46)35-32-30-28-26-24-22-20-18-16-14-12-10-8-6-4-2/h17-20,37,40H,3-16,21-36,38-39H2,1-2H3/b19-17-,20-18-. The molecule has 7 heteroatoms. The number of allylic oxidation sites excluding steroid dienone is 4. The van der Waals surface area contributed by atoms with E-state index in [2.05, 4.69) is 38.2 Å². The minimum atomic E-state index is -0.884. The summed E-state index contributed by atoms with van der Waals surface area (Å²) >= 11 is 0. The van der Waals surface area contributed by atoms with Crippen LogP contribution in [0.1, 0.15) is 206 Å². The second-order valence-electron chi connectivity index (χ2n) is 13.9. The minimum absolute atomic E-state index is 0.0517. The third-order valence-corrected chi connectivity index (χ3v) is 8.91. The SMILES string of the molecule is CCCCCCCC/C=C\CCCCCCCC(=O)OCC(COC(=O)CCCCCCC/C=C\CCCCCCCC)OC(=O)CCC=O. The maximum absolute atomic E-state index is 12.3. The van der Waals surface area contributed by atoms with Crippen LogP contribution in [0.2, 0.25) is 0 Å². The smallest absolute Gasteiger partial charge is 0.306 e. The van der Waals surface area contributed by atoms with Crippen LogP contribution in [0.5, 0.6) is 0 Å². The molecule has 290 valence electrons. The predicted octanol–water partition coefficient (Wildman–Crippen LogP) is 12.0. The molecule has 0 fully saturated rings. The van der Waals surface area contributed by atoms with Crippen LogP contribution >= 0.6 is 0 Å². The van der Waals surface area contributed by atoms with Gasteiger partial charge in [-0.05, 0) is 64.2 Å². The minimum Gasteiger partial charge on any atom is -0.462 e. The average molecular weight is 705 g/mol. The van der Waals surface area contributed by atoms with Gasteiger partial charge < -0.3 is 19.0 Å². The molecule has 0 aromatic carbocycles. The fraction of sp³-hybridized carbons (Fsp3) is 0.814. The summed E-state index contributed by atoms with van der Waals surface area (Å²) in [4.78, 5) is 47.4. The van der Waals surface area contributed by atoms with Crippen molar-refractivity contribution in [3.63, 3.8) is 0 Å². The summed E-state index contributed by atoms with van der Waals surface area (Å²) in [6.07, 6.45) is 40.5. The lowest BCUT2D eigenvalue weighted by atomic mass is 10.1. The number of unbranched alkanes of at least 4 members (excludes halogenated alkanes) is 22. The van der Waals surface area contributed by atoms with Gasteiger partial charge in [0.1, 0.15) is 19.5 Å². The van der Waals surface area contributed by atoms with E-state index in [9.17, 15) is 19.2 Å². The topological polar surface area (TPSA) is 96.0 Å². The van der Waals surface area contributed by atoms with Gasteiger partial charge in [-0.25, -0.2) is 0 Å². The second kappa shape index (κ2) is 39.3.